The number of rotatable bonds is 6. The van der Waals surface area contributed by atoms with E-state index in [-0.39, 0.29) is 11.8 Å². The van der Waals surface area contributed by atoms with Crippen molar-refractivity contribution in [3.05, 3.63) is 55.3 Å². The Morgan fingerprint density at radius 2 is 2.19 bits per heavy atom. The van der Waals surface area contributed by atoms with E-state index in [1.807, 2.05) is 30.3 Å². The van der Waals surface area contributed by atoms with Crippen molar-refractivity contribution in [3.8, 4) is 0 Å². The van der Waals surface area contributed by atoms with Crippen molar-refractivity contribution in [2.75, 3.05) is 11.6 Å². The summed E-state index contributed by atoms with van der Waals surface area (Å²) in [4.78, 5) is 11.9. The number of carbonyl (C=O) groups excluding carboxylic acids is 1. The zero-order chi connectivity index (χ0) is 15.1. The van der Waals surface area contributed by atoms with E-state index < -0.39 is 5.92 Å². The molecule has 0 amide bonds. The molecular weight excluding hydrogens is 266 g/mol. The van der Waals surface area contributed by atoms with Gasteiger partial charge in [-0.2, -0.15) is 5.10 Å². The Kier molecular flexibility index (Phi) is 5.15. The number of anilines is 1. The summed E-state index contributed by atoms with van der Waals surface area (Å²) in [5.74, 6) is -0.756. The minimum absolute atomic E-state index is 0.232. The van der Waals surface area contributed by atoms with Crippen LogP contribution < -0.4 is 10.7 Å². The number of hydrogen-bond donors (Lipinski definition) is 1. The van der Waals surface area contributed by atoms with Crippen molar-refractivity contribution in [2.24, 2.45) is 16.8 Å². The van der Waals surface area contributed by atoms with Crippen LogP contribution in [0.15, 0.2) is 60.4 Å². The fourth-order valence-electron chi connectivity index (χ4n) is 1.90. The van der Waals surface area contributed by atoms with Gasteiger partial charge >= 0.3 is 5.97 Å². The van der Waals surface area contributed by atoms with Crippen LogP contribution in [-0.2, 0) is 9.53 Å². The summed E-state index contributed by atoms with van der Waals surface area (Å²) in [5, 5.41) is 5.86. The number of hydrogen-bond acceptors (Lipinski definition) is 5. The maximum atomic E-state index is 11.9. The van der Waals surface area contributed by atoms with E-state index in [4.69, 9.17) is 10.5 Å². The molecule has 1 aliphatic rings. The van der Waals surface area contributed by atoms with Crippen LogP contribution >= 0.6 is 0 Å². The fraction of sp³-hybridized carbons (Fsp3) is 0.250. The van der Waals surface area contributed by atoms with E-state index in [1.165, 1.54) is 0 Å². The van der Waals surface area contributed by atoms with Crippen molar-refractivity contribution in [2.45, 2.75) is 12.8 Å². The zero-order valence-corrected chi connectivity index (χ0v) is 11.8. The van der Waals surface area contributed by atoms with Crippen molar-refractivity contribution in [1.82, 2.24) is 0 Å². The Morgan fingerprint density at radius 1 is 1.43 bits per heavy atom. The zero-order valence-electron chi connectivity index (χ0n) is 11.8. The van der Waals surface area contributed by atoms with Gasteiger partial charge in [-0.1, -0.05) is 24.3 Å². The lowest BCUT2D eigenvalue weighted by Gasteiger charge is -2.22. The topological polar surface area (TPSA) is 67.9 Å². The number of ether oxygens (including phenoxy) is 1. The van der Waals surface area contributed by atoms with Gasteiger partial charge in [-0.25, -0.2) is 5.01 Å². The van der Waals surface area contributed by atoms with Crippen LogP contribution in [0.5, 0.6) is 0 Å². The molecule has 0 aliphatic carbocycles. The fourth-order valence-corrected chi connectivity index (χ4v) is 1.90. The Labute approximate surface area is 124 Å². The predicted octanol–water partition coefficient (Wildman–Crippen LogP) is 2.42. The third-order valence-corrected chi connectivity index (χ3v) is 3.03. The lowest BCUT2D eigenvalue weighted by molar-refractivity contribution is -0.144. The molecule has 1 atom stereocenters. The van der Waals surface area contributed by atoms with Crippen molar-refractivity contribution >= 4 is 17.5 Å². The van der Waals surface area contributed by atoms with E-state index in [9.17, 15) is 4.79 Å². The van der Waals surface area contributed by atoms with E-state index in [2.05, 4.69) is 11.7 Å². The maximum Gasteiger partial charge on any atom is 0.320 e. The van der Waals surface area contributed by atoms with Gasteiger partial charge in [-0.15, -0.1) is 6.58 Å². The number of esters is 1. The monoisotopic (exact) mass is 285 g/mol. The molecule has 0 fully saturated rings. The Morgan fingerprint density at radius 3 is 2.86 bits per heavy atom. The van der Waals surface area contributed by atoms with Crippen molar-refractivity contribution in [3.63, 3.8) is 0 Å². The normalized spacial score (nSPS) is 17.2. The van der Waals surface area contributed by atoms with E-state index in [0.717, 1.165) is 18.5 Å². The lowest BCUT2D eigenvalue weighted by atomic mass is 10.1. The number of unbranched alkanes of at least 4 members (excludes halogenated alkanes) is 1. The number of carbonyl (C=O) groups is 1. The first kappa shape index (κ1) is 14.8. The summed E-state index contributed by atoms with van der Waals surface area (Å²) in [6.45, 7) is 3.99. The minimum atomic E-state index is -0.617. The molecule has 0 spiro atoms. The number of allylic oxidation sites excluding steroid dienone is 1. The van der Waals surface area contributed by atoms with E-state index >= 15 is 0 Å². The molecule has 1 aliphatic heterocycles. The highest BCUT2D eigenvalue weighted by Gasteiger charge is 2.25. The molecule has 2 N–H and O–H groups in total. The van der Waals surface area contributed by atoms with Gasteiger partial charge in [0, 0.05) is 6.20 Å². The number of amidine groups is 1. The van der Waals surface area contributed by atoms with Crippen LogP contribution in [0.25, 0.3) is 0 Å². The van der Waals surface area contributed by atoms with Crippen molar-refractivity contribution in [1.29, 1.82) is 0 Å². The van der Waals surface area contributed by atoms with Gasteiger partial charge in [0.15, 0.2) is 0 Å². The first-order valence-electron chi connectivity index (χ1n) is 6.86. The largest absolute Gasteiger partial charge is 0.465 e. The molecule has 5 heteroatoms. The molecule has 0 saturated heterocycles. The predicted molar refractivity (Wildman–Crippen MR) is 83.6 cm³/mol. The van der Waals surface area contributed by atoms with Gasteiger partial charge in [0.05, 0.1) is 12.3 Å². The first-order valence-corrected chi connectivity index (χ1v) is 6.86. The van der Waals surface area contributed by atoms with Gasteiger partial charge in [0.2, 0.25) is 0 Å². The summed E-state index contributed by atoms with van der Waals surface area (Å²) in [5.41, 5.74) is 6.76. The summed E-state index contributed by atoms with van der Waals surface area (Å²) in [7, 11) is 0. The summed E-state index contributed by atoms with van der Waals surface area (Å²) in [6, 6.07) is 9.57. The number of hydrazone groups is 1. The number of para-hydroxylation sites is 1. The molecule has 110 valence electrons. The molecular formula is C16H19N3O2. The van der Waals surface area contributed by atoms with Crippen LogP contribution in [0, 0.1) is 5.92 Å². The van der Waals surface area contributed by atoms with Gasteiger partial charge in [0.25, 0.3) is 0 Å². The summed E-state index contributed by atoms with van der Waals surface area (Å²) in [6.07, 6.45) is 6.80. The van der Waals surface area contributed by atoms with Crippen LogP contribution in [0.3, 0.4) is 0 Å². The van der Waals surface area contributed by atoms with Crippen LogP contribution in [0.1, 0.15) is 12.8 Å². The highest BCUT2D eigenvalue weighted by atomic mass is 16.5. The molecule has 1 aromatic carbocycles. The second-order valence-corrected chi connectivity index (χ2v) is 4.62. The Balaban J connectivity index is 1.95. The van der Waals surface area contributed by atoms with E-state index in [1.54, 1.807) is 23.4 Å². The van der Waals surface area contributed by atoms with Crippen molar-refractivity contribution < 1.29 is 9.53 Å². The average molecular weight is 285 g/mol. The third-order valence-electron chi connectivity index (χ3n) is 3.03. The van der Waals surface area contributed by atoms with Crippen LogP contribution in [0.2, 0.25) is 0 Å². The highest BCUT2D eigenvalue weighted by molar-refractivity contribution is 6.03. The highest BCUT2D eigenvalue weighted by Crippen LogP contribution is 2.19. The second-order valence-electron chi connectivity index (χ2n) is 4.62. The smallest absolute Gasteiger partial charge is 0.320 e. The first-order chi connectivity index (χ1) is 10.2. The van der Waals surface area contributed by atoms with Gasteiger partial charge in [-0.3, -0.25) is 4.79 Å². The molecule has 0 aromatic heterocycles. The van der Waals surface area contributed by atoms with Gasteiger partial charge in [-0.05, 0) is 31.1 Å². The van der Waals surface area contributed by atoms with Crippen LogP contribution in [-0.4, -0.2) is 18.4 Å². The summed E-state index contributed by atoms with van der Waals surface area (Å²) >= 11 is 0. The lowest BCUT2D eigenvalue weighted by Crippen LogP contribution is -2.35. The number of nitrogens with two attached hydrogens (primary N) is 1. The standard InChI is InChI=1S/C16H19N3O2/c1-2-3-7-12-21-16(20)14-10-11-19(18-15(14)17)13-8-5-4-6-9-13/h2,4-6,8-11,14H,1,3,7,12H2,(H2,17,18). The quantitative estimate of drug-likeness (QED) is 0.495. The van der Waals surface area contributed by atoms with Gasteiger partial charge in [0.1, 0.15) is 11.8 Å². The third kappa shape index (κ3) is 3.95. The number of nitrogens with zero attached hydrogens (tertiary/aromatic N) is 2. The Hall–Kier alpha value is -2.56. The maximum absolute atomic E-state index is 11.9. The molecule has 0 bridgehead atoms. The molecule has 0 saturated carbocycles. The molecule has 1 aromatic rings. The molecule has 1 unspecified atom stereocenters. The molecule has 2 rings (SSSR count). The second kappa shape index (κ2) is 7.28. The SMILES string of the molecule is C=CCCCOC(=O)C1C=CN(c2ccccc2)N=C1N. The van der Waals surface area contributed by atoms with Crippen LogP contribution in [0.4, 0.5) is 5.69 Å². The Bertz CT molecular complexity index is 552. The minimum Gasteiger partial charge on any atom is -0.465 e. The summed E-state index contributed by atoms with van der Waals surface area (Å²) < 4.78 is 5.18. The van der Waals surface area contributed by atoms with E-state index in [0.29, 0.717) is 6.61 Å². The number of benzene rings is 1. The molecule has 0 radical (unpaired) electrons. The average Bonchev–Trinajstić information content (AvgIpc) is 2.52. The van der Waals surface area contributed by atoms with Gasteiger partial charge < -0.3 is 10.5 Å². The molecule has 1 heterocycles. The molecule has 21 heavy (non-hydrogen) atoms. The molecule has 5 nitrogen and oxygen atoms in total.